The van der Waals surface area contributed by atoms with Gasteiger partial charge >= 0.3 is 0 Å². The summed E-state index contributed by atoms with van der Waals surface area (Å²) >= 11 is 0. The Morgan fingerprint density at radius 3 is 2.28 bits per heavy atom. The number of morpholine rings is 1. The Labute approximate surface area is 173 Å². The van der Waals surface area contributed by atoms with Gasteiger partial charge in [0.15, 0.2) is 5.96 Å². The lowest BCUT2D eigenvalue weighted by molar-refractivity contribution is -0.0705. The summed E-state index contributed by atoms with van der Waals surface area (Å²) in [7, 11) is 1.75. The Bertz CT molecular complexity index is 799. The number of halogens is 1. The van der Waals surface area contributed by atoms with Gasteiger partial charge in [0.1, 0.15) is 5.82 Å². The molecule has 1 aliphatic heterocycles. The Kier molecular flexibility index (Phi) is 7.61. The van der Waals surface area contributed by atoms with Crippen molar-refractivity contribution in [2.24, 2.45) is 4.99 Å². The summed E-state index contributed by atoms with van der Waals surface area (Å²) in [5.41, 5.74) is 3.57. The fourth-order valence-corrected chi connectivity index (χ4v) is 3.73. The van der Waals surface area contributed by atoms with Crippen LogP contribution < -0.4 is 10.6 Å². The van der Waals surface area contributed by atoms with Gasteiger partial charge in [-0.15, -0.1) is 0 Å². The van der Waals surface area contributed by atoms with Gasteiger partial charge in [-0.05, 0) is 42.7 Å². The van der Waals surface area contributed by atoms with Gasteiger partial charge in [-0.1, -0.05) is 36.4 Å². The lowest BCUT2D eigenvalue weighted by Crippen LogP contribution is -2.45. The average molecular weight is 399 g/mol. The minimum absolute atomic E-state index is 0.225. The number of ether oxygens (including phenoxy) is 1. The lowest BCUT2D eigenvalue weighted by atomic mass is 10.1. The summed E-state index contributed by atoms with van der Waals surface area (Å²) in [6, 6.07) is 15.0. The van der Waals surface area contributed by atoms with Crippen molar-refractivity contribution in [3.05, 3.63) is 71.0 Å². The maximum absolute atomic E-state index is 13.0. The number of guanidine groups is 1. The highest BCUT2D eigenvalue weighted by atomic mass is 19.1. The maximum atomic E-state index is 13.0. The van der Waals surface area contributed by atoms with Gasteiger partial charge in [-0.25, -0.2) is 4.39 Å². The molecule has 1 fully saturated rings. The summed E-state index contributed by atoms with van der Waals surface area (Å²) in [5, 5.41) is 6.66. The molecular weight excluding hydrogens is 367 g/mol. The Hall–Kier alpha value is -2.44. The van der Waals surface area contributed by atoms with Crippen LogP contribution in [0.15, 0.2) is 53.5 Å². The van der Waals surface area contributed by atoms with Gasteiger partial charge in [0.2, 0.25) is 0 Å². The third-order valence-corrected chi connectivity index (χ3v) is 5.05. The van der Waals surface area contributed by atoms with E-state index in [-0.39, 0.29) is 18.0 Å². The fraction of sp³-hybridized carbons (Fsp3) is 0.435. The van der Waals surface area contributed by atoms with E-state index >= 15 is 0 Å². The number of nitrogens with zero attached hydrogens (tertiary/aromatic N) is 2. The van der Waals surface area contributed by atoms with E-state index in [1.165, 1.54) is 23.3 Å². The number of aliphatic imine (C=N–C) groups is 1. The molecule has 0 aliphatic carbocycles. The summed E-state index contributed by atoms with van der Waals surface area (Å²) in [6.45, 7) is 8.36. The van der Waals surface area contributed by atoms with Gasteiger partial charge in [0.25, 0.3) is 0 Å². The molecule has 0 bridgehead atoms. The molecule has 2 unspecified atom stereocenters. The zero-order valence-corrected chi connectivity index (χ0v) is 17.5. The highest BCUT2D eigenvalue weighted by Gasteiger charge is 2.22. The van der Waals surface area contributed by atoms with E-state index < -0.39 is 0 Å². The molecule has 0 amide bonds. The van der Waals surface area contributed by atoms with Gasteiger partial charge in [-0.3, -0.25) is 9.89 Å². The molecule has 156 valence electrons. The molecule has 5 nitrogen and oxygen atoms in total. The van der Waals surface area contributed by atoms with Crippen molar-refractivity contribution in [3.63, 3.8) is 0 Å². The highest BCUT2D eigenvalue weighted by molar-refractivity contribution is 5.79. The van der Waals surface area contributed by atoms with Crippen LogP contribution in [0.2, 0.25) is 0 Å². The van der Waals surface area contributed by atoms with E-state index in [0.29, 0.717) is 13.1 Å². The van der Waals surface area contributed by atoms with Crippen molar-refractivity contribution in [1.82, 2.24) is 15.5 Å². The molecule has 2 atom stereocenters. The van der Waals surface area contributed by atoms with Crippen LogP contribution in [0.3, 0.4) is 0 Å². The maximum Gasteiger partial charge on any atom is 0.191 e. The van der Waals surface area contributed by atoms with Crippen molar-refractivity contribution >= 4 is 5.96 Å². The second-order valence-electron chi connectivity index (χ2n) is 7.63. The molecule has 29 heavy (non-hydrogen) atoms. The van der Waals surface area contributed by atoms with E-state index in [2.05, 4.69) is 58.6 Å². The normalized spacial score (nSPS) is 20.5. The Balaban J connectivity index is 1.56. The second-order valence-corrected chi connectivity index (χ2v) is 7.63. The van der Waals surface area contributed by atoms with Crippen LogP contribution in [0.25, 0.3) is 0 Å². The average Bonchev–Trinajstić information content (AvgIpc) is 2.70. The van der Waals surface area contributed by atoms with E-state index in [9.17, 15) is 4.39 Å². The highest BCUT2D eigenvalue weighted by Crippen LogP contribution is 2.17. The molecule has 0 spiro atoms. The molecule has 0 saturated carbocycles. The van der Waals surface area contributed by atoms with Gasteiger partial charge in [-0.2, -0.15) is 0 Å². The number of hydrogen-bond donors (Lipinski definition) is 2. The number of rotatable bonds is 6. The van der Waals surface area contributed by atoms with Crippen LogP contribution >= 0.6 is 0 Å². The quantitative estimate of drug-likeness (QED) is 0.579. The third kappa shape index (κ3) is 6.54. The van der Waals surface area contributed by atoms with Crippen LogP contribution in [-0.4, -0.2) is 43.2 Å². The summed E-state index contributed by atoms with van der Waals surface area (Å²) in [6.07, 6.45) is 0.525. The third-order valence-electron chi connectivity index (χ3n) is 5.05. The van der Waals surface area contributed by atoms with E-state index in [1.54, 1.807) is 19.2 Å². The van der Waals surface area contributed by atoms with Crippen molar-refractivity contribution in [2.45, 2.75) is 45.7 Å². The Morgan fingerprint density at radius 1 is 1.00 bits per heavy atom. The molecular formula is C23H31FN4O. The summed E-state index contributed by atoms with van der Waals surface area (Å²) < 4.78 is 18.9. The predicted octanol–water partition coefficient (Wildman–Crippen LogP) is 3.30. The first kappa shape index (κ1) is 21.3. The standard InChI is InChI=1S/C23H31FN4O/c1-17-14-28(15-18(2)29-17)16-21-7-5-4-6-20(21)13-27-23(25-3)26-12-19-8-10-22(24)11-9-19/h4-11,17-18H,12-16H2,1-3H3,(H2,25,26,27). The molecule has 3 rings (SSSR count). The van der Waals surface area contributed by atoms with Crippen LogP contribution in [0.1, 0.15) is 30.5 Å². The summed E-state index contributed by atoms with van der Waals surface area (Å²) in [5.74, 6) is 0.495. The molecule has 0 aromatic heterocycles. The van der Waals surface area contributed by atoms with Crippen LogP contribution in [0, 0.1) is 5.82 Å². The first-order chi connectivity index (χ1) is 14.0. The van der Waals surface area contributed by atoms with E-state index in [0.717, 1.165) is 31.2 Å². The van der Waals surface area contributed by atoms with Gasteiger partial charge in [0, 0.05) is 39.8 Å². The van der Waals surface area contributed by atoms with Crippen molar-refractivity contribution in [1.29, 1.82) is 0 Å². The number of nitrogens with one attached hydrogen (secondary N) is 2. The van der Waals surface area contributed by atoms with Crippen LogP contribution in [0.4, 0.5) is 4.39 Å². The molecule has 2 aromatic rings. The van der Waals surface area contributed by atoms with Crippen molar-refractivity contribution < 1.29 is 9.13 Å². The van der Waals surface area contributed by atoms with Gasteiger partial charge < -0.3 is 15.4 Å². The van der Waals surface area contributed by atoms with Crippen molar-refractivity contribution in [2.75, 3.05) is 20.1 Å². The molecule has 1 heterocycles. The molecule has 1 saturated heterocycles. The minimum atomic E-state index is -0.225. The Morgan fingerprint density at radius 2 is 1.62 bits per heavy atom. The first-order valence-electron chi connectivity index (χ1n) is 10.2. The first-order valence-corrected chi connectivity index (χ1v) is 10.2. The predicted molar refractivity (Wildman–Crippen MR) is 115 cm³/mol. The zero-order chi connectivity index (χ0) is 20.6. The van der Waals surface area contributed by atoms with Crippen LogP contribution in [-0.2, 0) is 24.4 Å². The smallest absolute Gasteiger partial charge is 0.191 e. The fourth-order valence-electron chi connectivity index (χ4n) is 3.73. The zero-order valence-electron chi connectivity index (χ0n) is 17.5. The SMILES string of the molecule is CN=C(NCc1ccc(F)cc1)NCc1ccccc1CN1CC(C)OC(C)C1. The minimum Gasteiger partial charge on any atom is -0.373 e. The van der Waals surface area contributed by atoms with E-state index in [1.807, 2.05) is 0 Å². The largest absolute Gasteiger partial charge is 0.373 e. The lowest BCUT2D eigenvalue weighted by Gasteiger charge is -2.35. The topological polar surface area (TPSA) is 48.9 Å². The van der Waals surface area contributed by atoms with Crippen LogP contribution in [0.5, 0.6) is 0 Å². The summed E-state index contributed by atoms with van der Waals surface area (Å²) in [4.78, 5) is 6.75. The molecule has 2 aromatic carbocycles. The van der Waals surface area contributed by atoms with E-state index in [4.69, 9.17) is 4.74 Å². The number of benzene rings is 2. The molecule has 0 radical (unpaired) electrons. The number of hydrogen-bond acceptors (Lipinski definition) is 3. The molecule has 2 N–H and O–H groups in total. The molecule has 6 heteroatoms. The van der Waals surface area contributed by atoms with Crippen molar-refractivity contribution in [3.8, 4) is 0 Å². The second kappa shape index (κ2) is 10.4. The van der Waals surface area contributed by atoms with Gasteiger partial charge in [0.05, 0.1) is 12.2 Å². The molecule has 1 aliphatic rings. The monoisotopic (exact) mass is 398 g/mol.